The first kappa shape index (κ1) is 13.6. The molecule has 6 heteroatoms. The van der Waals surface area contributed by atoms with E-state index in [-0.39, 0.29) is 23.6 Å². The van der Waals surface area contributed by atoms with Gasteiger partial charge in [0.2, 0.25) is 0 Å². The lowest BCUT2D eigenvalue weighted by Gasteiger charge is -2.39. The van der Waals surface area contributed by atoms with Gasteiger partial charge in [-0.1, -0.05) is 11.6 Å². The number of rotatable bonds is 4. The van der Waals surface area contributed by atoms with Gasteiger partial charge >= 0.3 is 0 Å². The van der Waals surface area contributed by atoms with Crippen molar-refractivity contribution in [2.24, 2.45) is 5.92 Å². The molecule has 1 aromatic carbocycles. The second kappa shape index (κ2) is 5.58. The van der Waals surface area contributed by atoms with Crippen molar-refractivity contribution in [1.29, 1.82) is 0 Å². The van der Waals surface area contributed by atoms with Crippen molar-refractivity contribution < 1.29 is 18.7 Å². The van der Waals surface area contributed by atoms with Gasteiger partial charge in [0, 0.05) is 24.6 Å². The van der Waals surface area contributed by atoms with Crippen molar-refractivity contribution in [2.75, 3.05) is 13.2 Å². The fourth-order valence-electron chi connectivity index (χ4n) is 2.73. The maximum atomic E-state index is 13.0. The zero-order valence-corrected chi connectivity index (χ0v) is 11.5. The summed E-state index contributed by atoms with van der Waals surface area (Å²) in [6.45, 7) is 0.684. The molecule has 20 heavy (non-hydrogen) atoms. The molecule has 0 bridgehead atoms. The van der Waals surface area contributed by atoms with Gasteiger partial charge in [0.15, 0.2) is 6.61 Å². The molecule has 0 unspecified atom stereocenters. The fourth-order valence-corrected chi connectivity index (χ4v) is 2.90. The average molecular weight is 300 g/mol. The molecule has 1 N–H and O–H groups in total. The first-order valence-corrected chi connectivity index (χ1v) is 7.00. The number of ether oxygens (including phenoxy) is 2. The summed E-state index contributed by atoms with van der Waals surface area (Å²) in [5.41, 5.74) is 0. The molecule has 108 valence electrons. The van der Waals surface area contributed by atoms with Crippen molar-refractivity contribution in [1.82, 2.24) is 5.32 Å². The number of carbonyl (C=O) groups is 1. The van der Waals surface area contributed by atoms with Crippen LogP contribution in [-0.4, -0.2) is 31.3 Å². The Morgan fingerprint density at radius 1 is 1.55 bits per heavy atom. The zero-order chi connectivity index (χ0) is 14.1. The van der Waals surface area contributed by atoms with Gasteiger partial charge in [-0.3, -0.25) is 4.79 Å². The summed E-state index contributed by atoms with van der Waals surface area (Å²) >= 11 is 5.64. The van der Waals surface area contributed by atoms with Crippen molar-refractivity contribution in [3.63, 3.8) is 0 Å². The van der Waals surface area contributed by atoms with E-state index in [2.05, 4.69) is 5.32 Å². The van der Waals surface area contributed by atoms with E-state index in [4.69, 9.17) is 21.1 Å². The van der Waals surface area contributed by atoms with Crippen LogP contribution in [-0.2, 0) is 9.53 Å². The van der Waals surface area contributed by atoms with Crippen LogP contribution in [0.2, 0.25) is 5.02 Å². The number of hydrogen-bond donors (Lipinski definition) is 1. The van der Waals surface area contributed by atoms with Gasteiger partial charge in [0.05, 0.1) is 11.1 Å². The molecule has 0 aromatic heterocycles. The van der Waals surface area contributed by atoms with Gasteiger partial charge < -0.3 is 14.8 Å². The minimum Gasteiger partial charge on any atom is -0.484 e. The van der Waals surface area contributed by atoms with E-state index >= 15 is 0 Å². The molecule has 1 aliphatic heterocycles. The quantitative estimate of drug-likeness (QED) is 0.927. The second-order valence-electron chi connectivity index (χ2n) is 5.14. The van der Waals surface area contributed by atoms with Crippen LogP contribution < -0.4 is 10.1 Å². The van der Waals surface area contributed by atoms with E-state index < -0.39 is 5.82 Å². The van der Waals surface area contributed by atoms with E-state index in [0.717, 1.165) is 19.4 Å². The van der Waals surface area contributed by atoms with Gasteiger partial charge in [-0.15, -0.1) is 0 Å². The third-order valence-electron chi connectivity index (χ3n) is 3.87. The monoisotopic (exact) mass is 299 g/mol. The van der Waals surface area contributed by atoms with Crippen LogP contribution in [0.25, 0.3) is 0 Å². The average Bonchev–Trinajstić information content (AvgIpc) is 2.79. The highest BCUT2D eigenvalue weighted by Crippen LogP contribution is 2.38. The van der Waals surface area contributed by atoms with E-state index in [9.17, 15) is 9.18 Å². The highest BCUT2D eigenvalue weighted by Gasteiger charge is 2.45. The Morgan fingerprint density at radius 3 is 3.15 bits per heavy atom. The molecule has 3 rings (SSSR count). The van der Waals surface area contributed by atoms with Gasteiger partial charge in [-0.05, 0) is 25.0 Å². The highest BCUT2D eigenvalue weighted by molar-refractivity contribution is 6.30. The number of benzene rings is 1. The predicted molar refractivity (Wildman–Crippen MR) is 71.3 cm³/mol. The molecule has 4 nitrogen and oxygen atoms in total. The van der Waals surface area contributed by atoms with Gasteiger partial charge in [0.25, 0.3) is 5.91 Å². The molecule has 1 saturated heterocycles. The second-order valence-corrected chi connectivity index (χ2v) is 5.54. The number of carbonyl (C=O) groups excluding carboxylic acids is 1. The number of halogens is 2. The smallest absolute Gasteiger partial charge is 0.258 e. The number of hydrogen-bond acceptors (Lipinski definition) is 3. The third kappa shape index (κ3) is 2.74. The van der Waals surface area contributed by atoms with Gasteiger partial charge in [-0.2, -0.15) is 0 Å². The van der Waals surface area contributed by atoms with E-state index in [1.165, 1.54) is 18.2 Å². The molecule has 1 aliphatic carbocycles. The van der Waals surface area contributed by atoms with Crippen molar-refractivity contribution in [2.45, 2.75) is 25.0 Å². The number of fused-ring (bicyclic) bond motifs is 1. The summed E-state index contributed by atoms with van der Waals surface area (Å²) in [5.74, 6) is 0.132. The first-order valence-electron chi connectivity index (χ1n) is 6.62. The molecule has 2 fully saturated rings. The molecule has 1 saturated carbocycles. The summed E-state index contributed by atoms with van der Waals surface area (Å²) in [4.78, 5) is 11.8. The lowest BCUT2D eigenvalue weighted by Crippen LogP contribution is -2.54. The van der Waals surface area contributed by atoms with Crippen molar-refractivity contribution in [3.05, 3.63) is 29.0 Å². The first-order chi connectivity index (χ1) is 9.63. The van der Waals surface area contributed by atoms with E-state index in [0.29, 0.717) is 17.8 Å². The SMILES string of the molecule is O=C(COc1ccc(F)c(Cl)c1)N[C@H]1C[C@@H]2OCC[C@H]12. The Balaban J connectivity index is 1.46. The summed E-state index contributed by atoms with van der Waals surface area (Å²) in [7, 11) is 0. The summed E-state index contributed by atoms with van der Waals surface area (Å²) in [6.07, 6.45) is 2.19. The normalized spacial score (nSPS) is 27.6. The lowest BCUT2D eigenvalue weighted by molar-refractivity contribution is -0.126. The van der Waals surface area contributed by atoms with Crippen molar-refractivity contribution >= 4 is 17.5 Å². The predicted octanol–water partition coefficient (Wildman–Crippen LogP) is 2.15. The molecule has 0 spiro atoms. The minimum absolute atomic E-state index is 0.0205. The van der Waals surface area contributed by atoms with Crippen LogP contribution in [0.1, 0.15) is 12.8 Å². The molecular weight excluding hydrogens is 285 g/mol. The van der Waals surface area contributed by atoms with Crippen LogP contribution in [0.15, 0.2) is 18.2 Å². The molecule has 0 radical (unpaired) electrons. The molecular formula is C14H15ClFNO3. The molecule has 3 atom stereocenters. The maximum Gasteiger partial charge on any atom is 0.258 e. The Morgan fingerprint density at radius 2 is 2.40 bits per heavy atom. The van der Waals surface area contributed by atoms with E-state index in [1.807, 2.05) is 0 Å². The Bertz CT molecular complexity index is 525. The maximum absolute atomic E-state index is 13.0. The standard InChI is InChI=1S/C14H15ClFNO3/c15-10-5-8(1-2-11(10)16)20-7-14(18)17-12-6-13-9(12)3-4-19-13/h1-2,5,9,12-13H,3-4,6-7H2,(H,17,18)/t9-,12+,13+/m1/s1. The molecule has 1 aromatic rings. The molecule has 1 heterocycles. The summed E-state index contributed by atoms with van der Waals surface area (Å²) in [5, 5.41) is 2.91. The van der Waals surface area contributed by atoms with Crippen LogP contribution in [0.5, 0.6) is 5.75 Å². The van der Waals surface area contributed by atoms with Gasteiger partial charge in [-0.25, -0.2) is 4.39 Å². The summed E-state index contributed by atoms with van der Waals surface area (Å²) in [6, 6.07) is 4.20. The van der Waals surface area contributed by atoms with E-state index in [1.54, 1.807) is 0 Å². The van der Waals surface area contributed by atoms with Gasteiger partial charge in [0.1, 0.15) is 11.6 Å². The molecule has 2 aliphatic rings. The Labute approximate surface area is 121 Å². The topological polar surface area (TPSA) is 47.6 Å². The highest BCUT2D eigenvalue weighted by atomic mass is 35.5. The Kier molecular flexibility index (Phi) is 3.81. The largest absolute Gasteiger partial charge is 0.484 e. The fraction of sp³-hybridized carbons (Fsp3) is 0.500. The number of nitrogens with one attached hydrogen (secondary N) is 1. The Hall–Kier alpha value is -1.33. The van der Waals surface area contributed by atoms with Crippen LogP contribution in [0, 0.1) is 11.7 Å². The van der Waals surface area contributed by atoms with Crippen LogP contribution >= 0.6 is 11.6 Å². The third-order valence-corrected chi connectivity index (χ3v) is 4.16. The van der Waals surface area contributed by atoms with Crippen LogP contribution in [0.4, 0.5) is 4.39 Å². The zero-order valence-electron chi connectivity index (χ0n) is 10.8. The number of amides is 1. The lowest BCUT2D eigenvalue weighted by atomic mass is 9.76. The minimum atomic E-state index is -0.509. The van der Waals surface area contributed by atoms with Crippen molar-refractivity contribution in [3.8, 4) is 5.75 Å². The van der Waals surface area contributed by atoms with Crippen LogP contribution in [0.3, 0.4) is 0 Å². The summed E-state index contributed by atoms with van der Waals surface area (Å²) < 4.78 is 23.7. The molecule has 1 amide bonds.